The van der Waals surface area contributed by atoms with Crippen LogP contribution in [-0.2, 0) is 12.3 Å². The smallest absolute Gasteiger partial charge is 0.262 e. The summed E-state index contributed by atoms with van der Waals surface area (Å²) in [5, 5.41) is 5.38. The third kappa shape index (κ3) is 5.57. The van der Waals surface area contributed by atoms with Gasteiger partial charge in [0.2, 0.25) is 11.7 Å². The number of rotatable bonds is 10. The number of para-hydroxylation sites is 2. The van der Waals surface area contributed by atoms with Gasteiger partial charge in [-0.3, -0.25) is 14.3 Å². The lowest BCUT2D eigenvalue weighted by Crippen LogP contribution is -2.40. The summed E-state index contributed by atoms with van der Waals surface area (Å²) < 4.78 is 12.7. The quantitative estimate of drug-likeness (QED) is 0.229. The topological polar surface area (TPSA) is 86.3 Å². The third-order valence-corrected chi connectivity index (χ3v) is 6.84. The predicted molar refractivity (Wildman–Crippen MR) is 139 cm³/mol. The van der Waals surface area contributed by atoms with Crippen LogP contribution >= 0.6 is 11.8 Å². The lowest BCUT2D eigenvalue weighted by Gasteiger charge is -2.30. The molecule has 0 N–H and O–H groups in total. The summed E-state index contributed by atoms with van der Waals surface area (Å²) in [6, 6.07) is 15.8. The first-order valence-corrected chi connectivity index (χ1v) is 12.7. The van der Waals surface area contributed by atoms with E-state index in [4.69, 9.17) is 14.2 Å². The van der Waals surface area contributed by atoms with E-state index in [0.29, 0.717) is 57.9 Å². The van der Waals surface area contributed by atoms with Crippen LogP contribution in [0.1, 0.15) is 33.6 Å². The van der Waals surface area contributed by atoms with E-state index >= 15 is 0 Å². The Morgan fingerprint density at radius 3 is 2.49 bits per heavy atom. The van der Waals surface area contributed by atoms with Crippen LogP contribution in [0.15, 0.2) is 63.0 Å². The molecule has 4 aromatic rings. The van der Waals surface area contributed by atoms with Crippen LogP contribution in [0.25, 0.3) is 22.3 Å². The van der Waals surface area contributed by atoms with Gasteiger partial charge < -0.3 is 9.26 Å². The number of thioether (sulfide) groups is 1. The molecule has 0 bridgehead atoms. The number of benzene rings is 2. The molecule has 9 heteroatoms. The molecule has 0 radical (unpaired) electrons. The molecule has 2 heterocycles. The highest BCUT2D eigenvalue weighted by atomic mass is 32.2. The molecule has 0 aliphatic rings. The maximum absolute atomic E-state index is 13.4. The van der Waals surface area contributed by atoms with Gasteiger partial charge in [0, 0.05) is 25.2 Å². The number of nitrogens with zero attached hydrogens (tertiary/aromatic N) is 5. The summed E-state index contributed by atoms with van der Waals surface area (Å²) in [6.07, 6.45) is 0. The molecule has 0 aliphatic carbocycles. The second-order valence-electron chi connectivity index (χ2n) is 8.79. The Kier molecular flexibility index (Phi) is 7.87. The third-order valence-electron chi connectivity index (χ3n) is 5.88. The van der Waals surface area contributed by atoms with E-state index in [-0.39, 0.29) is 5.56 Å². The van der Waals surface area contributed by atoms with Crippen LogP contribution in [-0.4, -0.2) is 50.3 Å². The number of fused-ring (bicyclic) bond motifs is 1. The lowest BCUT2D eigenvalue weighted by molar-refractivity contribution is 0.166. The number of ether oxygens (including phenoxy) is 1. The van der Waals surface area contributed by atoms with Crippen LogP contribution < -0.4 is 10.3 Å². The standard InChI is InChI=1S/C26H31N5O3S/c1-17(2)30(18(3)4)14-15-31-25(32)19-10-6-8-12-21(19)27-26(31)35-16-23-28-24(29-34-23)20-11-7-9-13-22(20)33-5/h6-13,17-18H,14-16H2,1-5H3. The Bertz CT molecular complexity index is 1340. The molecule has 0 aliphatic heterocycles. The van der Waals surface area contributed by atoms with Crippen LogP contribution in [0.2, 0.25) is 0 Å². The molecule has 35 heavy (non-hydrogen) atoms. The van der Waals surface area contributed by atoms with E-state index in [0.717, 1.165) is 12.1 Å². The first kappa shape index (κ1) is 24.9. The van der Waals surface area contributed by atoms with Crippen molar-refractivity contribution in [3.63, 3.8) is 0 Å². The molecule has 0 saturated carbocycles. The highest BCUT2D eigenvalue weighted by Crippen LogP contribution is 2.28. The van der Waals surface area contributed by atoms with Crippen molar-refractivity contribution in [3.8, 4) is 17.1 Å². The van der Waals surface area contributed by atoms with Gasteiger partial charge in [0.25, 0.3) is 5.56 Å². The number of methoxy groups -OCH3 is 1. The van der Waals surface area contributed by atoms with Gasteiger partial charge in [-0.05, 0) is 52.0 Å². The van der Waals surface area contributed by atoms with Crippen molar-refractivity contribution < 1.29 is 9.26 Å². The zero-order valence-corrected chi connectivity index (χ0v) is 21.6. The van der Waals surface area contributed by atoms with Gasteiger partial charge >= 0.3 is 0 Å². The molecular weight excluding hydrogens is 462 g/mol. The second kappa shape index (κ2) is 11.0. The van der Waals surface area contributed by atoms with E-state index in [1.807, 2.05) is 48.5 Å². The molecule has 184 valence electrons. The zero-order chi connectivity index (χ0) is 24.9. The number of aromatic nitrogens is 4. The highest BCUT2D eigenvalue weighted by molar-refractivity contribution is 7.98. The van der Waals surface area contributed by atoms with Crippen LogP contribution in [0, 0.1) is 0 Å². The summed E-state index contributed by atoms with van der Waals surface area (Å²) >= 11 is 1.42. The minimum Gasteiger partial charge on any atom is -0.496 e. The normalized spacial score (nSPS) is 11.8. The van der Waals surface area contributed by atoms with E-state index in [9.17, 15) is 4.79 Å². The molecule has 0 amide bonds. The molecular formula is C26H31N5O3S. The van der Waals surface area contributed by atoms with E-state index < -0.39 is 0 Å². The monoisotopic (exact) mass is 493 g/mol. The summed E-state index contributed by atoms with van der Waals surface area (Å²) in [5.74, 6) is 1.99. The summed E-state index contributed by atoms with van der Waals surface area (Å²) in [4.78, 5) is 25.1. The Hall–Kier alpha value is -3.17. The first-order chi connectivity index (χ1) is 16.9. The molecule has 4 rings (SSSR count). The van der Waals surface area contributed by atoms with Crippen molar-refractivity contribution in [1.29, 1.82) is 0 Å². The van der Waals surface area contributed by atoms with E-state index in [2.05, 4.69) is 42.7 Å². The Morgan fingerprint density at radius 1 is 1.03 bits per heavy atom. The maximum Gasteiger partial charge on any atom is 0.262 e. The molecule has 2 aromatic heterocycles. The van der Waals surface area contributed by atoms with Crippen LogP contribution in [0.4, 0.5) is 0 Å². The fraction of sp³-hybridized carbons (Fsp3) is 0.385. The average Bonchev–Trinajstić information content (AvgIpc) is 3.32. The molecule has 2 aromatic carbocycles. The first-order valence-electron chi connectivity index (χ1n) is 11.7. The van der Waals surface area contributed by atoms with Gasteiger partial charge in [-0.1, -0.05) is 41.2 Å². The van der Waals surface area contributed by atoms with E-state index in [1.165, 1.54) is 11.8 Å². The van der Waals surface area contributed by atoms with E-state index in [1.54, 1.807) is 11.7 Å². The van der Waals surface area contributed by atoms with Crippen molar-refractivity contribution >= 4 is 22.7 Å². The molecule has 0 atom stereocenters. The van der Waals surface area contributed by atoms with Crippen molar-refractivity contribution in [1.82, 2.24) is 24.6 Å². The largest absolute Gasteiger partial charge is 0.496 e. The van der Waals surface area contributed by atoms with Gasteiger partial charge in [-0.2, -0.15) is 4.98 Å². The van der Waals surface area contributed by atoms with Crippen molar-refractivity contribution in [2.45, 2.75) is 57.2 Å². The highest BCUT2D eigenvalue weighted by Gasteiger charge is 2.18. The van der Waals surface area contributed by atoms with Gasteiger partial charge in [0.1, 0.15) is 5.75 Å². The minimum absolute atomic E-state index is 0.0363. The van der Waals surface area contributed by atoms with Crippen LogP contribution in [0.3, 0.4) is 0 Å². The Balaban J connectivity index is 1.61. The minimum atomic E-state index is -0.0363. The zero-order valence-electron chi connectivity index (χ0n) is 20.8. The van der Waals surface area contributed by atoms with Gasteiger partial charge in [-0.15, -0.1) is 0 Å². The number of hydrogen-bond donors (Lipinski definition) is 0. The SMILES string of the molecule is COc1ccccc1-c1noc(CSc2nc3ccccc3c(=O)n2CCN(C(C)C)C(C)C)n1. The summed E-state index contributed by atoms with van der Waals surface area (Å²) in [6.45, 7) is 9.99. The summed E-state index contributed by atoms with van der Waals surface area (Å²) in [5.41, 5.74) is 1.41. The molecule has 0 fully saturated rings. The Morgan fingerprint density at radius 2 is 1.74 bits per heavy atom. The van der Waals surface area contributed by atoms with Gasteiger partial charge in [-0.25, -0.2) is 4.98 Å². The summed E-state index contributed by atoms with van der Waals surface area (Å²) in [7, 11) is 1.61. The average molecular weight is 494 g/mol. The van der Waals surface area contributed by atoms with Gasteiger partial charge in [0.15, 0.2) is 5.16 Å². The van der Waals surface area contributed by atoms with Crippen LogP contribution in [0.5, 0.6) is 5.75 Å². The second-order valence-corrected chi connectivity index (χ2v) is 9.74. The maximum atomic E-state index is 13.4. The molecule has 0 spiro atoms. The van der Waals surface area contributed by atoms with Crippen molar-refractivity contribution in [3.05, 3.63) is 64.8 Å². The molecule has 8 nitrogen and oxygen atoms in total. The van der Waals surface area contributed by atoms with Crippen molar-refractivity contribution in [2.75, 3.05) is 13.7 Å². The van der Waals surface area contributed by atoms with Crippen molar-refractivity contribution in [2.24, 2.45) is 0 Å². The number of hydrogen-bond acceptors (Lipinski definition) is 8. The lowest BCUT2D eigenvalue weighted by atomic mass is 10.2. The fourth-order valence-corrected chi connectivity index (χ4v) is 5.02. The Labute approximate surface area is 209 Å². The molecule has 0 unspecified atom stereocenters. The predicted octanol–water partition coefficient (Wildman–Crippen LogP) is 4.87. The van der Waals surface area contributed by atoms with Gasteiger partial charge in [0.05, 0.1) is 29.3 Å². The fourth-order valence-electron chi connectivity index (χ4n) is 4.16. The molecule has 0 saturated heterocycles.